The Morgan fingerprint density at radius 3 is 1.17 bits per heavy atom. The standard InChI is InChI=1S/C74H74B2N2/c1-41(2)52-33-55(43(5)6)71(56(34-52)44(7)8)75-63-39-70-64(40-69(63)78-68-28-26-51(49-21-17-15-18-22-49)32-60(68)61-30-48(14)31-65(75)73(61)78)76(72-57(45(9)10)35-53(42(3)4)36-58(72)46(11)12)66-38-54(50-23-19-16-20-24-50)37-62-59-29-47(13)25-27-67(59)77(70)74(62)66/h15-46H,1-14H3. The van der Waals surface area contributed by atoms with Crippen LogP contribution in [-0.2, 0) is 0 Å². The van der Waals surface area contributed by atoms with Gasteiger partial charge in [-0.25, -0.2) is 0 Å². The van der Waals surface area contributed by atoms with Crippen molar-refractivity contribution in [1.82, 2.24) is 9.13 Å². The SMILES string of the molecule is Cc1ccc2c(c1)c1cc(-c3ccccc3)cc3c1n2-c1cc2c(cc1B3c1c(C(C)C)cc(C(C)C)cc1C(C)C)-n1c3ccc(-c4ccccc4)cc3c3cc(C)cc(c31)B2c1c(C(C)C)cc(C(C)C)cc1C(C)C. The molecule has 9 aromatic carbocycles. The van der Waals surface area contributed by atoms with Crippen molar-refractivity contribution < 1.29 is 0 Å². The predicted molar refractivity (Wildman–Crippen MR) is 342 cm³/mol. The third-order valence-corrected chi connectivity index (χ3v) is 18.1. The van der Waals surface area contributed by atoms with Gasteiger partial charge in [0.25, 0.3) is 0 Å². The maximum atomic E-state index is 2.72. The zero-order valence-electron chi connectivity index (χ0n) is 48.5. The van der Waals surface area contributed by atoms with Gasteiger partial charge in [0.2, 0.25) is 13.4 Å². The van der Waals surface area contributed by atoms with Gasteiger partial charge in [-0.2, -0.15) is 0 Å². The van der Waals surface area contributed by atoms with E-state index in [1.165, 1.54) is 155 Å². The molecule has 0 amide bonds. The largest absolute Gasteiger partial charge is 0.310 e. The summed E-state index contributed by atoms with van der Waals surface area (Å²) in [5, 5.41) is 5.28. The Labute approximate surface area is 464 Å². The topological polar surface area (TPSA) is 9.86 Å². The summed E-state index contributed by atoms with van der Waals surface area (Å²) in [6.45, 7) is 33.4. The van der Waals surface area contributed by atoms with Crippen molar-refractivity contribution in [2.75, 3.05) is 0 Å². The van der Waals surface area contributed by atoms with Gasteiger partial charge >= 0.3 is 0 Å². The fourth-order valence-electron chi connectivity index (χ4n) is 14.3. The number of rotatable bonds is 10. The first kappa shape index (κ1) is 50.2. The molecule has 0 unspecified atom stereocenters. The Balaban J connectivity index is 1.25. The molecule has 0 atom stereocenters. The van der Waals surface area contributed by atoms with Crippen molar-refractivity contribution >= 4 is 89.8 Å². The molecule has 11 aromatic rings. The van der Waals surface area contributed by atoms with Crippen molar-refractivity contribution in [2.45, 2.75) is 132 Å². The molecule has 78 heavy (non-hydrogen) atoms. The van der Waals surface area contributed by atoms with E-state index in [2.05, 4.69) is 264 Å². The quantitative estimate of drug-likeness (QED) is 0.121. The van der Waals surface area contributed by atoms with E-state index >= 15 is 0 Å². The highest BCUT2D eigenvalue weighted by molar-refractivity contribution is 7.00. The highest BCUT2D eigenvalue weighted by Crippen LogP contribution is 2.42. The van der Waals surface area contributed by atoms with Gasteiger partial charge in [0.1, 0.15) is 0 Å². The van der Waals surface area contributed by atoms with Gasteiger partial charge in [0, 0.05) is 44.0 Å². The molecule has 0 aliphatic carbocycles. The van der Waals surface area contributed by atoms with Gasteiger partial charge in [-0.15, -0.1) is 0 Å². The summed E-state index contributed by atoms with van der Waals surface area (Å²) in [4.78, 5) is 0. The van der Waals surface area contributed by atoms with E-state index in [-0.39, 0.29) is 13.4 Å². The molecule has 386 valence electrons. The minimum Gasteiger partial charge on any atom is -0.310 e. The Bertz CT molecular complexity index is 4180. The molecule has 4 heteroatoms. The van der Waals surface area contributed by atoms with Gasteiger partial charge in [0.05, 0.1) is 11.0 Å². The van der Waals surface area contributed by atoms with E-state index in [0.717, 1.165) is 0 Å². The van der Waals surface area contributed by atoms with E-state index in [0.29, 0.717) is 35.5 Å². The van der Waals surface area contributed by atoms with Crippen LogP contribution in [0.25, 0.3) is 77.2 Å². The first-order valence-corrected chi connectivity index (χ1v) is 29.3. The number of hydrogen-bond donors (Lipinski definition) is 0. The van der Waals surface area contributed by atoms with Crippen LogP contribution in [0.1, 0.15) is 163 Å². The number of fused-ring (bicyclic) bond motifs is 10. The zero-order chi connectivity index (χ0) is 54.3. The first-order chi connectivity index (χ1) is 37.5. The second kappa shape index (κ2) is 18.7. The molecule has 0 N–H and O–H groups in total. The molecular weight excluding hydrogens is 938 g/mol. The minimum absolute atomic E-state index is 0.0169. The monoisotopic (exact) mass is 1010 g/mol. The van der Waals surface area contributed by atoms with Crippen molar-refractivity contribution in [3.05, 3.63) is 202 Å². The van der Waals surface area contributed by atoms with Crippen LogP contribution in [-0.4, -0.2) is 22.6 Å². The molecule has 0 spiro atoms. The highest BCUT2D eigenvalue weighted by Gasteiger charge is 2.43. The summed E-state index contributed by atoms with van der Waals surface area (Å²) in [7, 11) is 0. The van der Waals surface area contributed by atoms with Crippen LogP contribution in [0.3, 0.4) is 0 Å². The van der Waals surface area contributed by atoms with Crippen LogP contribution in [0.15, 0.2) is 158 Å². The molecular formula is C74H74B2N2. The Morgan fingerprint density at radius 1 is 0.308 bits per heavy atom. The van der Waals surface area contributed by atoms with Crippen molar-refractivity contribution in [3.8, 4) is 33.6 Å². The lowest BCUT2D eigenvalue weighted by atomic mass is 9.31. The molecule has 13 rings (SSSR count). The van der Waals surface area contributed by atoms with E-state index in [1.54, 1.807) is 0 Å². The van der Waals surface area contributed by atoms with Gasteiger partial charge in [0.15, 0.2) is 0 Å². The van der Waals surface area contributed by atoms with E-state index in [9.17, 15) is 0 Å². The van der Waals surface area contributed by atoms with Crippen LogP contribution in [0.4, 0.5) is 0 Å². The minimum atomic E-state index is -0.0481. The Hall–Kier alpha value is -7.29. The molecule has 4 heterocycles. The molecule has 2 nitrogen and oxygen atoms in total. The molecule has 2 aromatic heterocycles. The average molecular weight is 1010 g/mol. The maximum absolute atomic E-state index is 2.72. The number of aryl methyl sites for hydroxylation is 2. The summed E-state index contributed by atoms with van der Waals surface area (Å²) in [5.74, 6) is 2.09. The summed E-state index contributed by atoms with van der Waals surface area (Å²) < 4.78 is 5.42. The fraction of sp³-hybridized carbons (Fsp3) is 0.270. The van der Waals surface area contributed by atoms with Crippen LogP contribution < -0.4 is 32.8 Å². The number of aromatic nitrogens is 2. The van der Waals surface area contributed by atoms with E-state index < -0.39 is 0 Å². The lowest BCUT2D eigenvalue weighted by Crippen LogP contribution is -2.61. The van der Waals surface area contributed by atoms with Crippen molar-refractivity contribution in [3.63, 3.8) is 0 Å². The van der Waals surface area contributed by atoms with Crippen LogP contribution >= 0.6 is 0 Å². The lowest BCUT2D eigenvalue weighted by molar-refractivity contribution is 0.812. The number of benzene rings is 9. The predicted octanol–water partition coefficient (Wildman–Crippen LogP) is 16.2. The smallest absolute Gasteiger partial charge is 0.247 e. The normalized spacial score (nSPS) is 13.1. The number of hydrogen-bond acceptors (Lipinski definition) is 0. The van der Waals surface area contributed by atoms with Crippen LogP contribution in [0.2, 0.25) is 0 Å². The third-order valence-electron chi connectivity index (χ3n) is 18.1. The number of nitrogens with zero attached hydrogens (tertiary/aromatic N) is 2. The fourth-order valence-corrected chi connectivity index (χ4v) is 14.3. The summed E-state index contributed by atoms with van der Waals surface area (Å²) >= 11 is 0. The van der Waals surface area contributed by atoms with Gasteiger partial charge < -0.3 is 9.13 Å². The highest BCUT2D eigenvalue weighted by atomic mass is 15.0. The van der Waals surface area contributed by atoms with Gasteiger partial charge in [-0.1, -0.05) is 214 Å². The summed E-state index contributed by atoms with van der Waals surface area (Å²) in [5.41, 5.74) is 32.6. The second-order valence-corrected chi connectivity index (χ2v) is 25.4. The van der Waals surface area contributed by atoms with Crippen molar-refractivity contribution in [1.29, 1.82) is 0 Å². The van der Waals surface area contributed by atoms with Gasteiger partial charge in [-0.05, 0) is 175 Å². The van der Waals surface area contributed by atoms with E-state index in [4.69, 9.17) is 0 Å². The molecule has 0 bridgehead atoms. The van der Waals surface area contributed by atoms with Crippen molar-refractivity contribution in [2.24, 2.45) is 0 Å². The molecule has 2 aliphatic heterocycles. The maximum Gasteiger partial charge on any atom is 0.247 e. The van der Waals surface area contributed by atoms with Crippen LogP contribution in [0.5, 0.6) is 0 Å². The first-order valence-electron chi connectivity index (χ1n) is 29.3. The average Bonchev–Trinajstić information content (AvgIpc) is 2.97. The molecule has 2 aliphatic rings. The molecule has 0 fully saturated rings. The lowest BCUT2D eigenvalue weighted by Gasteiger charge is -2.36. The second-order valence-electron chi connectivity index (χ2n) is 25.4. The molecule has 0 radical (unpaired) electrons. The Morgan fingerprint density at radius 2 is 0.705 bits per heavy atom. The summed E-state index contributed by atoms with van der Waals surface area (Å²) in [6, 6.07) is 62.5. The zero-order valence-corrected chi connectivity index (χ0v) is 48.5. The molecule has 0 saturated carbocycles. The third kappa shape index (κ3) is 7.67. The molecule has 0 saturated heterocycles. The van der Waals surface area contributed by atoms with Crippen LogP contribution in [0, 0.1) is 13.8 Å². The van der Waals surface area contributed by atoms with E-state index in [1.807, 2.05) is 0 Å². The summed E-state index contributed by atoms with van der Waals surface area (Å²) in [6.07, 6.45) is 0. The Kier molecular flexibility index (Phi) is 12.0. The van der Waals surface area contributed by atoms with Gasteiger partial charge in [-0.3, -0.25) is 0 Å².